The van der Waals surface area contributed by atoms with E-state index in [0.717, 1.165) is 12.3 Å². The molecule has 0 aliphatic heterocycles. The zero-order valence-electron chi connectivity index (χ0n) is 8.55. The Morgan fingerprint density at radius 2 is 2.18 bits per heavy atom. The summed E-state index contributed by atoms with van der Waals surface area (Å²) in [6.07, 6.45) is -4.00. The first-order valence-corrected chi connectivity index (χ1v) is 4.79. The van der Waals surface area contributed by atoms with Gasteiger partial charge in [-0.2, -0.15) is 0 Å². The zero-order chi connectivity index (χ0) is 13.1. The van der Waals surface area contributed by atoms with Crippen LogP contribution in [0.4, 0.5) is 13.2 Å². The molecule has 1 heterocycles. The molecule has 4 nitrogen and oxygen atoms in total. The van der Waals surface area contributed by atoms with E-state index < -0.39 is 18.2 Å². The summed E-state index contributed by atoms with van der Waals surface area (Å²) in [7, 11) is 0. The lowest BCUT2D eigenvalue weighted by Crippen LogP contribution is -2.18. The molecule has 0 bridgehead atoms. The standard InChI is InChI=1S/C9H7ClF3NO3/c1-2-16-8(15)5-3-7(14-4-6(5)10)17-9(11,12)13/h3-4H,2H2,1H3. The number of hydrogen-bond donors (Lipinski definition) is 0. The molecule has 1 rings (SSSR count). The molecule has 0 aliphatic rings. The molecule has 0 saturated carbocycles. The van der Waals surface area contributed by atoms with Gasteiger partial charge in [0.2, 0.25) is 5.88 Å². The highest BCUT2D eigenvalue weighted by Gasteiger charge is 2.32. The summed E-state index contributed by atoms with van der Waals surface area (Å²) in [5.41, 5.74) is -0.234. The summed E-state index contributed by atoms with van der Waals surface area (Å²) in [6.45, 7) is 1.63. The third-order valence-corrected chi connectivity index (χ3v) is 1.85. The number of halogens is 4. The van der Waals surface area contributed by atoms with Gasteiger partial charge in [0.1, 0.15) is 0 Å². The number of rotatable bonds is 3. The van der Waals surface area contributed by atoms with Gasteiger partial charge >= 0.3 is 12.3 Å². The molecule has 1 aromatic rings. The molecule has 1 aromatic heterocycles. The number of esters is 1. The summed E-state index contributed by atoms with van der Waals surface area (Å²) >= 11 is 5.60. The van der Waals surface area contributed by atoms with Crippen LogP contribution in [-0.4, -0.2) is 23.9 Å². The predicted molar refractivity (Wildman–Crippen MR) is 51.9 cm³/mol. The highest BCUT2D eigenvalue weighted by Crippen LogP contribution is 2.25. The molecule has 8 heteroatoms. The number of aromatic nitrogens is 1. The maximum absolute atomic E-state index is 11.9. The highest BCUT2D eigenvalue weighted by molar-refractivity contribution is 6.33. The number of ether oxygens (including phenoxy) is 2. The lowest BCUT2D eigenvalue weighted by Gasteiger charge is -2.09. The van der Waals surface area contributed by atoms with Gasteiger partial charge in [0.15, 0.2) is 0 Å². The Bertz CT molecular complexity index is 422. The van der Waals surface area contributed by atoms with Crippen molar-refractivity contribution in [3.63, 3.8) is 0 Å². The minimum Gasteiger partial charge on any atom is -0.462 e. The third kappa shape index (κ3) is 4.10. The molecule has 94 valence electrons. The van der Waals surface area contributed by atoms with E-state index in [2.05, 4.69) is 14.5 Å². The molecule has 0 atom stereocenters. The van der Waals surface area contributed by atoms with Gasteiger partial charge in [0.25, 0.3) is 0 Å². The molecule has 0 unspecified atom stereocenters. The average molecular weight is 270 g/mol. The summed E-state index contributed by atoms with van der Waals surface area (Å²) in [6, 6.07) is 0.772. The largest absolute Gasteiger partial charge is 0.574 e. The van der Waals surface area contributed by atoms with Crippen molar-refractivity contribution in [1.29, 1.82) is 0 Å². The first-order chi connectivity index (χ1) is 7.83. The van der Waals surface area contributed by atoms with E-state index in [-0.39, 0.29) is 17.2 Å². The zero-order valence-corrected chi connectivity index (χ0v) is 9.30. The number of alkyl halides is 3. The summed E-state index contributed by atoms with van der Waals surface area (Å²) in [4.78, 5) is 14.6. The van der Waals surface area contributed by atoms with Crippen molar-refractivity contribution in [3.05, 3.63) is 22.8 Å². The van der Waals surface area contributed by atoms with Crippen LogP contribution in [0.3, 0.4) is 0 Å². The number of hydrogen-bond acceptors (Lipinski definition) is 4. The van der Waals surface area contributed by atoms with Crippen molar-refractivity contribution in [1.82, 2.24) is 4.98 Å². The predicted octanol–water partition coefficient (Wildman–Crippen LogP) is 2.81. The van der Waals surface area contributed by atoms with Crippen LogP contribution >= 0.6 is 11.6 Å². The lowest BCUT2D eigenvalue weighted by atomic mass is 10.2. The van der Waals surface area contributed by atoms with Crippen molar-refractivity contribution in [2.45, 2.75) is 13.3 Å². The van der Waals surface area contributed by atoms with Gasteiger partial charge in [0.05, 0.1) is 23.4 Å². The molecule has 0 spiro atoms. The molecule has 17 heavy (non-hydrogen) atoms. The normalized spacial score (nSPS) is 11.1. The maximum atomic E-state index is 11.9. The number of carbonyl (C=O) groups is 1. The Morgan fingerprint density at radius 3 is 2.71 bits per heavy atom. The molecule has 0 saturated heterocycles. The van der Waals surface area contributed by atoms with Crippen LogP contribution in [0.2, 0.25) is 5.02 Å². The fourth-order valence-corrected chi connectivity index (χ4v) is 1.14. The topological polar surface area (TPSA) is 48.4 Å². The van der Waals surface area contributed by atoms with Gasteiger partial charge in [-0.15, -0.1) is 13.2 Å². The van der Waals surface area contributed by atoms with E-state index in [0.29, 0.717) is 0 Å². The van der Waals surface area contributed by atoms with Crippen LogP contribution in [-0.2, 0) is 4.74 Å². The molecule has 0 N–H and O–H groups in total. The molecule has 0 radical (unpaired) electrons. The number of pyridine rings is 1. The SMILES string of the molecule is CCOC(=O)c1cc(OC(F)(F)F)ncc1Cl. The maximum Gasteiger partial charge on any atom is 0.574 e. The summed E-state index contributed by atoms with van der Waals surface area (Å²) in [5, 5.41) is -0.113. The second kappa shape index (κ2) is 5.22. The van der Waals surface area contributed by atoms with E-state index in [9.17, 15) is 18.0 Å². The van der Waals surface area contributed by atoms with E-state index in [1.807, 2.05) is 0 Å². The first kappa shape index (κ1) is 13.6. The molecular formula is C9H7ClF3NO3. The smallest absolute Gasteiger partial charge is 0.462 e. The molecule has 0 aliphatic carbocycles. The monoisotopic (exact) mass is 269 g/mol. The van der Waals surface area contributed by atoms with E-state index in [1.165, 1.54) is 0 Å². The van der Waals surface area contributed by atoms with Crippen molar-refractivity contribution in [3.8, 4) is 5.88 Å². The van der Waals surface area contributed by atoms with Crippen LogP contribution < -0.4 is 4.74 Å². The van der Waals surface area contributed by atoms with Gasteiger partial charge in [-0.1, -0.05) is 11.6 Å². The Balaban J connectivity index is 2.98. The van der Waals surface area contributed by atoms with Crippen molar-refractivity contribution in [2.75, 3.05) is 6.61 Å². The average Bonchev–Trinajstić information content (AvgIpc) is 2.19. The number of carbonyl (C=O) groups excluding carboxylic acids is 1. The molecule has 0 fully saturated rings. The van der Waals surface area contributed by atoms with Crippen LogP contribution in [0.25, 0.3) is 0 Å². The lowest BCUT2D eigenvalue weighted by molar-refractivity contribution is -0.276. The number of nitrogens with zero attached hydrogens (tertiary/aromatic N) is 1. The fraction of sp³-hybridized carbons (Fsp3) is 0.333. The van der Waals surface area contributed by atoms with E-state index >= 15 is 0 Å². The van der Waals surface area contributed by atoms with Gasteiger partial charge < -0.3 is 9.47 Å². The second-order valence-electron chi connectivity index (χ2n) is 2.77. The Hall–Kier alpha value is -1.50. The highest BCUT2D eigenvalue weighted by atomic mass is 35.5. The minimum absolute atomic E-state index is 0.0763. The first-order valence-electron chi connectivity index (χ1n) is 4.42. The fourth-order valence-electron chi connectivity index (χ4n) is 0.959. The second-order valence-corrected chi connectivity index (χ2v) is 3.18. The van der Waals surface area contributed by atoms with Gasteiger partial charge in [0, 0.05) is 6.07 Å². The van der Waals surface area contributed by atoms with Crippen molar-refractivity contribution >= 4 is 17.6 Å². The molecule has 0 aromatic carbocycles. The van der Waals surface area contributed by atoms with Crippen molar-refractivity contribution < 1.29 is 27.4 Å². The van der Waals surface area contributed by atoms with Crippen LogP contribution in [0.15, 0.2) is 12.3 Å². The summed E-state index contributed by atoms with van der Waals surface area (Å²) in [5.74, 6) is -1.61. The minimum atomic E-state index is -4.88. The Morgan fingerprint density at radius 1 is 1.53 bits per heavy atom. The summed E-state index contributed by atoms with van der Waals surface area (Å²) < 4.78 is 43.9. The van der Waals surface area contributed by atoms with E-state index in [4.69, 9.17) is 11.6 Å². The van der Waals surface area contributed by atoms with Gasteiger partial charge in [-0.25, -0.2) is 9.78 Å². The van der Waals surface area contributed by atoms with E-state index in [1.54, 1.807) is 6.92 Å². The van der Waals surface area contributed by atoms with Crippen molar-refractivity contribution in [2.24, 2.45) is 0 Å². The third-order valence-electron chi connectivity index (χ3n) is 1.55. The Labute approximate surface area is 99.3 Å². The molecular weight excluding hydrogens is 263 g/mol. The quantitative estimate of drug-likeness (QED) is 0.792. The van der Waals surface area contributed by atoms with Gasteiger partial charge in [-0.05, 0) is 6.92 Å². The van der Waals surface area contributed by atoms with Crippen LogP contribution in [0.5, 0.6) is 5.88 Å². The molecule has 0 amide bonds. The van der Waals surface area contributed by atoms with Crippen LogP contribution in [0, 0.1) is 0 Å². The van der Waals surface area contributed by atoms with Gasteiger partial charge in [-0.3, -0.25) is 0 Å². The van der Waals surface area contributed by atoms with Crippen LogP contribution in [0.1, 0.15) is 17.3 Å². The Kier molecular flexibility index (Phi) is 4.17.